The molecule has 3 aromatic rings. The van der Waals surface area contributed by atoms with Gasteiger partial charge >= 0.3 is 0 Å². The molecular weight excluding hydrogens is 428 g/mol. The fourth-order valence-electron chi connectivity index (χ4n) is 5.41. The molecular formula is C27H32N4O3. The van der Waals surface area contributed by atoms with Crippen molar-refractivity contribution in [2.24, 2.45) is 7.05 Å². The highest BCUT2D eigenvalue weighted by molar-refractivity contribution is 6.07. The van der Waals surface area contributed by atoms with Gasteiger partial charge in [-0.15, -0.1) is 0 Å². The lowest BCUT2D eigenvalue weighted by atomic mass is 9.98. The van der Waals surface area contributed by atoms with E-state index in [1.165, 1.54) is 19.3 Å². The van der Waals surface area contributed by atoms with Crippen molar-refractivity contribution in [3.8, 4) is 5.75 Å². The summed E-state index contributed by atoms with van der Waals surface area (Å²) < 4.78 is 7.29. The largest absolute Gasteiger partial charge is 0.497 e. The smallest absolute Gasteiger partial charge is 0.272 e. The third-order valence-corrected chi connectivity index (χ3v) is 7.14. The number of carbonyl (C=O) groups excluding carboxylic acids is 2. The number of aryl methyl sites for hydroxylation is 1. The number of hydrogen-bond donors (Lipinski definition) is 1. The van der Waals surface area contributed by atoms with Crippen molar-refractivity contribution < 1.29 is 14.3 Å². The molecule has 3 heterocycles. The summed E-state index contributed by atoms with van der Waals surface area (Å²) in [7, 11) is 3.56. The minimum atomic E-state index is -0.327. The van der Waals surface area contributed by atoms with Gasteiger partial charge in [0, 0.05) is 36.6 Å². The van der Waals surface area contributed by atoms with Gasteiger partial charge in [-0.1, -0.05) is 36.8 Å². The molecule has 2 aliphatic rings. The number of amides is 2. The van der Waals surface area contributed by atoms with Gasteiger partial charge in [-0.05, 0) is 49.7 Å². The van der Waals surface area contributed by atoms with Crippen LogP contribution in [0.4, 0.5) is 0 Å². The molecule has 1 saturated heterocycles. The SMILES string of the molecule is COc1ccc([C@@H]2c3c(n(C)c4ccccc34)C(=O)N2CC(=O)NCCN2CCCCC2)cc1. The Labute approximate surface area is 200 Å². The molecule has 178 valence electrons. The molecule has 34 heavy (non-hydrogen) atoms. The van der Waals surface area contributed by atoms with E-state index in [1.54, 1.807) is 12.0 Å². The third kappa shape index (κ3) is 4.05. The first kappa shape index (κ1) is 22.5. The number of carbonyl (C=O) groups is 2. The third-order valence-electron chi connectivity index (χ3n) is 7.14. The first-order chi connectivity index (χ1) is 16.6. The molecule has 7 heteroatoms. The number of methoxy groups -OCH3 is 1. The van der Waals surface area contributed by atoms with Crippen molar-refractivity contribution in [2.45, 2.75) is 25.3 Å². The van der Waals surface area contributed by atoms with Crippen molar-refractivity contribution in [3.05, 3.63) is 65.4 Å². The maximum absolute atomic E-state index is 13.6. The zero-order valence-electron chi connectivity index (χ0n) is 19.9. The van der Waals surface area contributed by atoms with Crippen molar-refractivity contribution in [3.63, 3.8) is 0 Å². The molecule has 0 unspecified atom stereocenters. The van der Waals surface area contributed by atoms with Crippen molar-refractivity contribution in [1.29, 1.82) is 0 Å². The lowest BCUT2D eigenvalue weighted by Gasteiger charge is -2.27. The number of piperidine rings is 1. The highest BCUT2D eigenvalue weighted by Crippen LogP contribution is 2.43. The van der Waals surface area contributed by atoms with Gasteiger partial charge in [-0.2, -0.15) is 0 Å². The van der Waals surface area contributed by atoms with E-state index in [4.69, 9.17) is 4.74 Å². The predicted octanol–water partition coefficient (Wildman–Crippen LogP) is 3.33. The first-order valence-corrected chi connectivity index (χ1v) is 12.1. The molecule has 2 aliphatic heterocycles. The number of fused-ring (bicyclic) bond motifs is 3. The second kappa shape index (κ2) is 9.50. The van der Waals surface area contributed by atoms with E-state index in [0.717, 1.165) is 47.4 Å². The maximum atomic E-state index is 13.6. The summed E-state index contributed by atoms with van der Waals surface area (Å²) in [5.74, 6) is 0.523. The molecule has 0 bridgehead atoms. The van der Waals surface area contributed by atoms with Crippen LogP contribution >= 0.6 is 0 Å². The molecule has 5 rings (SSSR count). The number of nitrogens with one attached hydrogen (secondary N) is 1. The number of para-hydroxylation sites is 1. The van der Waals surface area contributed by atoms with E-state index in [1.807, 2.05) is 54.1 Å². The summed E-state index contributed by atoms with van der Waals surface area (Å²) in [4.78, 5) is 30.7. The maximum Gasteiger partial charge on any atom is 0.272 e. The molecule has 0 aliphatic carbocycles. The molecule has 0 radical (unpaired) electrons. The van der Waals surface area contributed by atoms with Gasteiger partial charge in [-0.25, -0.2) is 0 Å². The summed E-state index contributed by atoms with van der Waals surface area (Å²) >= 11 is 0. The highest BCUT2D eigenvalue weighted by Gasteiger charge is 2.42. The van der Waals surface area contributed by atoms with Crippen LogP contribution in [-0.4, -0.2) is 66.0 Å². The second-order valence-electron chi connectivity index (χ2n) is 9.20. The summed E-state index contributed by atoms with van der Waals surface area (Å²) in [6.45, 7) is 3.68. The molecule has 0 spiro atoms. The van der Waals surface area contributed by atoms with Crippen LogP contribution in [0, 0.1) is 0 Å². The number of rotatable bonds is 7. The van der Waals surface area contributed by atoms with Gasteiger partial charge < -0.3 is 24.4 Å². The number of nitrogens with zero attached hydrogens (tertiary/aromatic N) is 3. The Balaban J connectivity index is 1.41. The Bertz CT molecular complexity index is 1190. The molecule has 0 saturated carbocycles. The van der Waals surface area contributed by atoms with Crippen molar-refractivity contribution in [1.82, 2.24) is 19.7 Å². The van der Waals surface area contributed by atoms with Crippen LogP contribution < -0.4 is 10.1 Å². The van der Waals surface area contributed by atoms with E-state index in [0.29, 0.717) is 12.2 Å². The lowest BCUT2D eigenvalue weighted by Crippen LogP contribution is -2.43. The summed E-state index contributed by atoms with van der Waals surface area (Å²) in [6.07, 6.45) is 3.75. The standard InChI is InChI=1S/C27H32N4O3/c1-29-22-9-5-4-8-21(22)24-25(19-10-12-20(34-2)13-11-19)31(27(33)26(24)29)18-23(32)28-14-17-30-15-6-3-7-16-30/h4-5,8-13,25H,3,6-7,14-18H2,1-2H3,(H,28,32)/t25-/m1/s1. The number of ether oxygens (including phenoxy) is 1. The highest BCUT2D eigenvalue weighted by atomic mass is 16.5. The van der Waals surface area contributed by atoms with Gasteiger partial charge in [0.1, 0.15) is 18.0 Å². The summed E-state index contributed by atoms with van der Waals surface area (Å²) in [5, 5.41) is 4.08. The summed E-state index contributed by atoms with van der Waals surface area (Å²) in [6, 6.07) is 15.5. The zero-order valence-corrected chi connectivity index (χ0v) is 19.9. The number of benzene rings is 2. The van der Waals surface area contributed by atoms with Gasteiger partial charge in [0.15, 0.2) is 0 Å². The van der Waals surface area contributed by atoms with Crippen molar-refractivity contribution >= 4 is 22.7 Å². The van der Waals surface area contributed by atoms with E-state index in [9.17, 15) is 9.59 Å². The fourth-order valence-corrected chi connectivity index (χ4v) is 5.41. The fraction of sp³-hybridized carbons (Fsp3) is 0.407. The topological polar surface area (TPSA) is 66.8 Å². The molecule has 1 N–H and O–H groups in total. The van der Waals surface area contributed by atoms with Gasteiger partial charge in [-0.3, -0.25) is 9.59 Å². The van der Waals surface area contributed by atoms with Crippen LogP contribution in [0.25, 0.3) is 10.9 Å². The number of aromatic nitrogens is 1. The Morgan fingerprint density at radius 2 is 1.79 bits per heavy atom. The minimum Gasteiger partial charge on any atom is -0.497 e. The average Bonchev–Trinajstić information content (AvgIpc) is 3.32. The van der Waals surface area contributed by atoms with E-state index in [2.05, 4.69) is 16.3 Å². The van der Waals surface area contributed by atoms with Crippen LogP contribution in [-0.2, 0) is 11.8 Å². The van der Waals surface area contributed by atoms with Crippen LogP contribution in [0.5, 0.6) is 5.75 Å². The number of likely N-dealkylation sites (tertiary alicyclic amines) is 1. The second-order valence-corrected chi connectivity index (χ2v) is 9.20. The van der Waals surface area contributed by atoms with Crippen LogP contribution in [0.3, 0.4) is 0 Å². The van der Waals surface area contributed by atoms with E-state index >= 15 is 0 Å². The van der Waals surface area contributed by atoms with Crippen LogP contribution in [0.15, 0.2) is 48.5 Å². The van der Waals surface area contributed by atoms with Gasteiger partial charge in [0.2, 0.25) is 5.91 Å². The van der Waals surface area contributed by atoms with Gasteiger partial charge in [0.25, 0.3) is 5.91 Å². The monoisotopic (exact) mass is 460 g/mol. The molecule has 1 atom stereocenters. The minimum absolute atomic E-state index is 0.0263. The normalized spacial score (nSPS) is 18.4. The Morgan fingerprint density at radius 3 is 2.53 bits per heavy atom. The molecule has 2 amide bonds. The molecule has 7 nitrogen and oxygen atoms in total. The Hall–Kier alpha value is -3.32. The Kier molecular flexibility index (Phi) is 6.28. The predicted molar refractivity (Wildman–Crippen MR) is 132 cm³/mol. The van der Waals surface area contributed by atoms with Crippen molar-refractivity contribution in [2.75, 3.05) is 39.8 Å². The van der Waals surface area contributed by atoms with E-state index in [-0.39, 0.29) is 24.4 Å². The van der Waals surface area contributed by atoms with Gasteiger partial charge in [0.05, 0.1) is 13.2 Å². The molecule has 1 fully saturated rings. The Morgan fingerprint density at radius 1 is 1.06 bits per heavy atom. The van der Waals surface area contributed by atoms with Crippen LogP contribution in [0.1, 0.15) is 46.9 Å². The zero-order chi connectivity index (χ0) is 23.7. The first-order valence-electron chi connectivity index (χ1n) is 12.1. The average molecular weight is 461 g/mol. The quantitative estimate of drug-likeness (QED) is 0.587. The molecule has 1 aromatic heterocycles. The number of hydrogen-bond acceptors (Lipinski definition) is 4. The lowest BCUT2D eigenvalue weighted by molar-refractivity contribution is -0.122. The van der Waals surface area contributed by atoms with Crippen LogP contribution in [0.2, 0.25) is 0 Å². The van der Waals surface area contributed by atoms with E-state index < -0.39 is 0 Å². The summed E-state index contributed by atoms with van der Waals surface area (Å²) in [5.41, 5.74) is 3.60. The molecule has 2 aromatic carbocycles.